The quantitative estimate of drug-likeness (QED) is 0.801. The number of benzene rings is 1. The fraction of sp³-hybridized carbons (Fsp3) is 0.0769. The Hall–Kier alpha value is -2.83. The lowest BCUT2D eigenvalue weighted by Gasteiger charge is -2.09. The highest BCUT2D eigenvalue weighted by Crippen LogP contribution is 2.17. The topological polar surface area (TPSA) is 91.6 Å². The molecule has 0 saturated carbocycles. The van der Waals surface area contributed by atoms with E-state index in [1.165, 1.54) is 18.6 Å². The molecule has 1 heterocycles. The Labute approximate surface area is 113 Å². The molecule has 0 aliphatic heterocycles. The molecule has 0 saturated heterocycles. The highest BCUT2D eigenvalue weighted by Gasteiger charge is 2.13. The number of carboxylic acids is 1. The monoisotopic (exact) mass is 278 g/mol. The van der Waals surface area contributed by atoms with Gasteiger partial charge in [0, 0.05) is 12.1 Å². The van der Waals surface area contributed by atoms with E-state index >= 15 is 0 Å². The molecule has 0 unspecified atom stereocenters. The maximum atomic E-state index is 13.0. The molecule has 104 valence electrons. The first-order chi connectivity index (χ1) is 9.56. The van der Waals surface area contributed by atoms with Gasteiger partial charge in [0.2, 0.25) is 0 Å². The minimum Gasteiger partial charge on any atom is -0.478 e. The van der Waals surface area contributed by atoms with Gasteiger partial charge in [-0.05, 0) is 24.3 Å². The largest absolute Gasteiger partial charge is 0.478 e. The van der Waals surface area contributed by atoms with Crippen LogP contribution in [0, 0.1) is 5.82 Å². The predicted octanol–water partition coefficient (Wildman–Crippen LogP) is 2.44. The van der Waals surface area contributed by atoms with Crippen LogP contribution in [0.15, 0.2) is 41.2 Å². The van der Waals surface area contributed by atoms with Crippen LogP contribution in [0.1, 0.15) is 15.9 Å². The number of hydrogen-bond donors (Lipinski definition) is 3. The van der Waals surface area contributed by atoms with Gasteiger partial charge in [0.25, 0.3) is 0 Å². The van der Waals surface area contributed by atoms with Crippen LogP contribution in [0.4, 0.5) is 14.9 Å². The minimum absolute atomic E-state index is 0.0172. The lowest BCUT2D eigenvalue weighted by atomic mass is 10.2. The Morgan fingerprint density at radius 3 is 2.75 bits per heavy atom. The molecule has 6 nitrogen and oxygen atoms in total. The van der Waals surface area contributed by atoms with Gasteiger partial charge in [-0.1, -0.05) is 0 Å². The summed E-state index contributed by atoms with van der Waals surface area (Å²) < 4.78 is 17.8. The second-order valence-electron chi connectivity index (χ2n) is 3.93. The van der Waals surface area contributed by atoms with Crippen LogP contribution in [-0.4, -0.2) is 17.1 Å². The molecule has 0 radical (unpaired) electrons. The predicted molar refractivity (Wildman–Crippen MR) is 67.9 cm³/mol. The molecule has 1 aromatic carbocycles. The van der Waals surface area contributed by atoms with E-state index in [4.69, 9.17) is 9.52 Å². The number of hydrogen-bond acceptors (Lipinski definition) is 3. The molecule has 0 spiro atoms. The van der Waals surface area contributed by atoms with Gasteiger partial charge in [0.15, 0.2) is 0 Å². The normalized spacial score (nSPS) is 10.1. The Balaban J connectivity index is 2.02. The average molecular weight is 278 g/mol. The molecule has 7 heteroatoms. The number of furan rings is 1. The minimum atomic E-state index is -1.32. The number of amides is 2. The number of nitrogens with one attached hydrogen (secondary N) is 2. The summed E-state index contributed by atoms with van der Waals surface area (Å²) >= 11 is 0. The van der Waals surface area contributed by atoms with Gasteiger partial charge in [-0.3, -0.25) is 0 Å². The van der Waals surface area contributed by atoms with Crippen molar-refractivity contribution in [2.75, 3.05) is 5.32 Å². The highest BCUT2D eigenvalue weighted by atomic mass is 19.1. The number of carbonyl (C=O) groups excluding carboxylic acids is 1. The number of aromatic carboxylic acids is 1. The van der Waals surface area contributed by atoms with E-state index in [1.54, 1.807) is 6.07 Å². The molecule has 0 aliphatic carbocycles. The van der Waals surface area contributed by atoms with E-state index in [0.29, 0.717) is 0 Å². The van der Waals surface area contributed by atoms with Crippen LogP contribution in [0.3, 0.4) is 0 Å². The summed E-state index contributed by atoms with van der Waals surface area (Å²) in [6, 6.07) is 4.18. The van der Waals surface area contributed by atoms with Crippen LogP contribution in [-0.2, 0) is 6.54 Å². The van der Waals surface area contributed by atoms with Gasteiger partial charge >= 0.3 is 12.0 Å². The Morgan fingerprint density at radius 2 is 2.10 bits per heavy atom. The summed E-state index contributed by atoms with van der Waals surface area (Å²) in [5, 5.41) is 13.8. The number of carboxylic acid groups (broad SMARTS) is 1. The summed E-state index contributed by atoms with van der Waals surface area (Å²) in [7, 11) is 0. The van der Waals surface area contributed by atoms with Gasteiger partial charge in [-0.15, -0.1) is 0 Å². The molecule has 0 bridgehead atoms. The molecule has 2 aromatic rings. The summed E-state index contributed by atoms with van der Waals surface area (Å²) in [5.74, 6) is -2.01. The third-order valence-electron chi connectivity index (χ3n) is 2.49. The maximum absolute atomic E-state index is 13.0. The molecule has 2 rings (SSSR count). The van der Waals surface area contributed by atoms with Gasteiger partial charge in [-0.25, -0.2) is 14.0 Å². The molecule has 20 heavy (non-hydrogen) atoms. The van der Waals surface area contributed by atoms with E-state index in [-0.39, 0.29) is 17.8 Å². The zero-order chi connectivity index (χ0) is 14.5. The van der Waals surface area contributed by atoms with Crippen molar-refractivity contribution in [1.82, 2.24) is 5.32 Å². The van der Waals surface area contributed by atoms with E-state index in [0.717, 1.165) is 17.7 Å². The van der Waals surface area contributed by atoms with Crippen molar-refractivity contribution >= 4 is 17.7 Å². The summed E-state index contributed by atoms with van der Waals surface area (Å²) in [5.41, 5.74) is 0.463. The Bertz CT molecular complexity index is 625. The standard InChI is InChI=1S/C13H11FN2O4/c14-9-1-2-11(10(5-9)12(17)18)16-13(19)15-6-8-3-4-20-7-8/h1-5,7H,6H2,(H,17,18)(H2,15,16,19). The zero-order valence-corrected chi connectivity index (χ0v) is 10.2. The van der Waals surface area contributed by atoms with Crippen LogP contribution in [0.5, 0.6) is 0 Å². The first-order valence-corrected chi connectivity index (χ1v) is 5.65. The Kier molecular flexibility index (Phi) is 3.99. The zero-order valence-electron chi connectivity index (χ0n) is 10.2. The lowest BCUT2D eigenvalue weighted by molar-refractivity contribution is 0.0697. The van der Waals surface area contributed by atoms with Gasteiger partial charge in [-0.2, -0.15) is 0 Å². The molecule has 2 amide bonds. The molecule has 0 fully saturated rings. The van der Waals surface area contributed by atoms with Crippen molar-refractivity contribution in [3.63, 3.8) is 0 Å². The van der Waals surface area contributed by atoms with E-state index < -0.39 is 17.8 Å². The second-order valence-corrected chi connectivity index (χ2v) is 3.93. The van der Waals surface area contributed by atoms with Crippen molar-refractivity contribution in [3.05, 3.63) is 53.7 Å². The van der Waals surface area contributed by atoms with Crippen molar-refractivity contribution in [1.29, 1.82) is 0 Å². The fourth-order valence-electron chi connectivity index (χ4n) is 1.54. The number of halogens is 1. The van der Waals surface area contributed by atoms with Crippen molar-refractivity contribution in [2.24, 2.45) is 0 Å². The third-order valence-corrected chi connectivity index (χ3v) is 2.49. The summed E-state index contributed by atoms with van der Waals surface area (Å²) in [6.07, 6.45) is 2.94. The number of anilines is 1. The lowest BCUT2D eigenvalue weighted by Crippen LogP contribution is -2.28. The fourth-order valence-corrected chi connectivity index (χ4v) is 1.54. The first kappa shape index (κ1) is 13.6. The third kappa shape index (κ3) is 3.35. The average Bonchev–Trinajstić information content (AvgIpc) is 2.91. The van der Waals surface area contributed by atoms with Crippen molar-refractivity contribution in [2.45, 2.75) is 6.54 Å². The van der Waals surface area contributed by atoms with Crippen LogP contribution >= 0.6 is 0 Å². The highest BCUT2D eigenvalue weighted by molar-refractivity contribution is 5.99. The molecular formula is C13H11FN2O4. The molecule has 0 aliphatic rings. The second kappa shape index (κ2) is 5.87. The maximum Gasteiger partial charge on any atom is 0.337 e. The molecular weight excluding hydrogens is 267 g/mol. The van der Waals surface area contributed by atoms with Gasteiger partial charge in [0.05, 0.1) is 23.8 Å². The van der Waals surface area contributed by atoms with Crippen LogP contribution in [0.2, 0.25) is 0 Å². The van der Waals surface area contributed by atoms with Gasteiger partial charge < -0.3 is 20.2 Å². The van der Waals surface area contributed by atoms with E-state index in [2.05, 4.69) is 10.6 Å². The Morgan fingerprint density at radius 1 is 1.30 bits per heavy atom. The number of rotatable bonds is 4. The number of carbonyl (C=O) groups is 2. The number of urea groups is 1. The molecule has 1 aromatic heterocycles. The molecule has 0 atom stereocenters. The molecule has 3 N–H and O–H groups in total. The van der Waals surface area contributed by atoms with Crippen molar-refractivity contribution < 1.29 is 23.5 Å². The van der Waals surface area contributed by atoms with Crippen molar-refractivity contribution in [3.8, 4) is 0 Å². The summed E-state index contributed by atoms with van der Waals surface area (Å²) in [6.45, 7) is 0.228. The van der Waals surface area contributed by atoms with Gasteiger partial charge in [0.1, 0.15) is 5.82 Å². The van der Waals surface area contributed by atoms with Crippen LogP contribution < -0.4 is 10.6 Å². The van der Waals surface area contributed by atoms with E-state index in [1.807, 2.05) is 0 Å². The SMILES string of the molecule is O=C(NCc1ccoc1)Nc1ccc(F)cc1C(=O)O. The van der Waals surface area contributed by atoms with E-state index in [9.17, 15) is 14.0 Å². The first-order valence-electron chi connectivity index (χ1n) is 5.65. The smallest absolute Gasteiger partial charge is 0.337 e. The summed E-state index contributed by atoms with van der Waals surface area (Å²) in [4.78, 5) is 22.6. The van der Waals surface area contributed by atoms with Crippen LogP contribution in [0.25, 0.3) is 0 Å².